The number of benzene rings is 1. The Morgan fingerprint density at radius 2 is 1.96 bits per heavy atom. The first-order valence-electron chi connectivity index (χ1n) is 8.15. The minimum Gasteiger partial charge on any atom is -0.338 e. The van der Waals surface area contributed by atoms with Crippen molar-refractivity contribution in [2.75, 3.05) is 26.2 Å². The Bertz CT molecular complexity index is 590. The predicted molar refractivity (Wildman–Crippen MR) is 92.2 cm³/mol. The zero-order chi connectivity index (χ0) is 16.4. The van der Waals surface area contributed by atoms with E-state index in [1.54, 1.807) is 17.0 Å². The fourth-order valence-electron chi connectivity index (χ4n) is 3.37. The van der Waals surface area contributed by atoms with Gasteiger partial charge in [-0.2, -0.15) is 0 Å². The average molecular weight is 380 g/mol. The van der Waals surface area contributed by atoms with Crippen molar-refractivity contribution in [2.45, 2.75) is 31.8 Å². The third-order valence-electron chi connectivity index (χ3n) is 4.57. The van der Waals surface area contributed by atoms with E-state index in [1.165, 1.54) is 0 Å². The van der Waals surface area contributed by atoms with Gasteiger partial charge in [0.1, 0.15) is 6.04 Å². The Morgan fingerprint density at radius 1 is 1.22 bits per heavy atom. The van der Waals surface area contributed by atoms with E-state index in [0.717, 1.165) is 36.9 Å². The summed E-state index contributed by atoms with van der Waals surface area (Å²) in [7, 11) is 0. The first-order valence-corrected chi connectivity index (χ1v) is 8.94. The third kappa shape index (κ3) is 3.58. The van der Waals surface area contributed by atoms with E-state index < -0.39 is 0 Å². The van der Waals surface area contributed by atoms with Crippen molar-refractivity contribution in [3.8, 4) is 0 Å². The molecule has 0 radical (unpaired) electrons. The number of carbonyl (C=O) groups is 2. The second-order valence-electron chi connectivity index (χ2n) is 6.30. The number of piperazine rings is 1. The minimum atomic E-state index is -0.309. The SMILES string of the molecule is CC1CN(C(=O)C2CCCN2C(=O)c2ccc(Br)cc2)CCN1. The fraction of sp³-hybridized carbons (Fsp3) is 0.529. The number of halogens is 1. The van der Waals surface area contributed by atoms with Gasteiger partial charge in [0.05, 0.1) is 0 Å². The highest BCUT2D eigenvalue weighted by atomic mass is 79.9. The zero-order valence-electron chi connectivity index (χ0n) is 13.3. The number of rotatable bonds is 2. The molecule has 2 amide bonds. The summed E-state index contributed by atoms with van der Waals surface area (Å²) in [5, 5.41) is 3.34. The highest BCUT2D eigenvalue weighted by Gasteiger charge is 2.37. The smallest absolute Gasteiger partial charge is 0.254 e. The van der Waals surface area contributed by atoms with Gasteiger partial charge in [0.2, 0.25) is 5.91 Å². The lowest BCUT2D eigenvalue weighted by Crippen LogP contribution is -2.56. The van der Waals surface area contributed by atoms with Crippen molar-refractivity contribution in [3.05, 3.63) is 34.3 Å². The highest BCUT2D eigenvalue weighted by Crippen LogP contribution is 2.23. The van der Waals surface area contributed by atoms with Gasteiger partial charge in [-0.05, 0) is 44.0 Å². The van der Waals surface area contributed by atoms with Crippen molar-refractivity contribution >= 4 is 27.7 Å². The number of nitrogens with zero attached hydrogens (tertiary/aromatic N) is 2. The van der Waals surface area contributed by atoms with Gasteiger partial charge in [0.15, 0.2) is 0 Å². The molecule has 23 heavy (non-hydrogen) atoms. The second-order valence-corrected chi connectivity index (χ2v) is 7.22. The van der Waals surface area contributed by atoms with Gasteiger partial charge in [-0.1, -0.05) is 15.9 Å². The van der Waals surface area contributed by atoms with Crippen LogP contribution >= 0.6 is 15.9 Å². The molecule has 1 aromatic carbocycles. The van der Waals surface area contributed by atoms with Crippen LogP contribution in [0.1, 0.15) is 30.1 Å². The molecule has 2 fully saturated rings. The summed E-state index contributed by atoms with van der Waals surface area (Å²) in [6, 6.07) is 7.33. The van der Waals surface area contributed by atoms with Crippen LogP contribution in [0.25, 0.3) is 0 Å². The molecular weight excluding hydrogens is 358 g/mol. The van der Waals surface area contributed by atoms with Crippen LogP contribution in [-0.4, -0.2) is 59.9 Å². The van der Waals surface area contributed by atoms with Crippen LogP contribution in [0.2, 0.25) is 0 Å². The molecule has 2 saturated heterocycles. The molecule has 2 aliphatic rings. The van der Waals surface area contributed by atoms with Crippen LogP contribution in [-0.2, 0) is 4.79 Å². The van der Waals surface area contributed by atoms with Gasteiger partial charge < -0.3 is 15.1 Å². The van der Waals surface area contributed by atoms with Crippen molar-refractivity contribution in [2.24, 2.45) is 0 Å². The van der Waals surface area contributed by atoms with Crippen LogP contribution in [0.4, 0.5) is 0 Å². The lowest BCUT2D eigenvalue weighted by Gasteiger charge is -2.35. The first kappa shape index (κ1) is 16.5. The summed E-state index contributed by atoms with van der Waals surface area (Å²) in [6.07, 6.45) is 1.65. The third-order valence-corrected chi connectivity index (χ3v) is 5.10. The zero-order valence-corrected chi connectivity index (χ0v) is 14.9. The molecule has 6 heteroatoms. The quantitative estimate of drug-likeness (QED) is 0.853. The molecule has 0 aliphatic carbocycles. The number of amides is 2. The summed E-state index contributed by atoms with van der Waals surface area (Å²) in [4.78, 5) is 29.2. The number of hydrogen-bond acceptors (Lipinski definition) is 3. The van der Waals surface area contributed by atoms with Crippen LogP contribution < -0.4 is 5.32 Å². The van der Waals surface area contributed by atoms with Crippen molar-refractivity contribution in [3.63, 3.8) is 0 Å². The molecule has 3 rings (SSSR count). The fourth-order valence-corrected chi connectivity index (χ4v) is 3.63. The number of hydrogen-bond donors (Lipinski definition) is 1. The van der Waals surface area contributed by atoms with Gasteiger partial charge in [-0.25, -0.2) is 0 Å². The first-order chi connectivity index (χ1) is 11.1. The molecule has 0 saturated carbocycles. The summed E-state index contributed by atoms with van der Waals surface area (Å²) in [5.74, 6) is 0.0536. The van der Waals surface area contributed by atoms with E-state index in [1.807, 2.05) is 17.0 Å². The molecule has 1 aromatic rings. The molecule has 0 spiro atoms. The van der Waals surface area contributed by atoms with E-state index in [9.17, 15) is 9.59 Å². The molecule has 2 atom stereocenters. The van der Waals surface area contributed by atoms with Crippen LogP contribution in [0.3, 0.4) is 0 Å². The van der Waals surface area contributed by atoms with Crippen molar-refractivity contribution in [1.82, 2.24) is 15.1 Å². The number of carbonyl (C=O) groups excluding carboxylic acids is 2. The van der Waals surface area contributed by atoms with Crippen molar-refractivity contribution in [1.29, 1.82) is 0 Å². The van der Waals surface area contributed by atoms with Gasteiger partial charge in [-0.3, -0.25) is 9.59 Å². The van der Waals surface area contributed by atoms with Gasteiger partial charge in [0.25, 0.3) is 5.91 Å². The average Bonchev–Trinajstić information content (AvgIpc) is 3.03. The Morgan fingerprint density at radius 3 is 2.65 bits per heavy atom. The lowest BCUT2D eigenvalue weighted by molar-refractivity contribution is -0.136. The molecule has 0 bridgehead atoms. The van der Waals surface area contributed by atoms with E-state index in [-0.39, 0.29) is 17.9 Å². The van der Waals surface area contributed by atoms with Crippen molar-refractivity contribution < 1.29 is 9.59 Å². The van der Waals surface area contributed by atoms with Gasteiger partial charge >= 0.3 is 0 Å². The molecule has 5 nitrogen and oxygen atoms in total. The van der Waals surface area contributed by atoms with E-state index in [0.29, 0.717) is 18.2 Å². The standard InChI is InChI=1S/C17H22BrN3O2/c1-12-11-20(10-8-19-12)17(23)15-3-2-9-21(15)16(22)13-4-6-14(18)7-5-13/h4-7,12,15,19H,2-3,8-11H2,1H3. The number of nitrogens with one attached hydrogen (secondary N) is 1. The number of likely N-dealkylation sites (tertiary alicyclic amines) is 1. The molecule has 124 valence electrons. The molecule has 1 N–H and O–H groups in total. The maximum atomic E-state index is 12.8. The monoisotopic (exact) mass is 379 g/mol. The summed E-state index contributed by atoms with van der Waals surface area (Å²) < 4.78 is 0.943. The van der Waals surface area contributed by atoms with Gasteiger partial charge in [-0.15, -0.1) is 0 Å². The second kappa shape index (κ2) is 7.01. The van der Waals surface area contributed by atoms with Crippen LogP contribution in [0, 0.1) is 0 Å². The Hall–Kier alpha value is -1.40. The maximum absolute atomic E-state index is 12.8. The molecular formula is C17H22BrN3O2. The van der Waals surface area contributed by atoms with E-state index in [2.05, 4.69) is 28.2 Å². The Labute approximate surface area is 145 Å². The summed E-state index contributed by atoms with van der Waals surface area (Å²) >= 11 is 3.38. The maximum Gasteiger partial charge on any atom is 0.254 e. The minimum absolute atomic E-state index is 0.0449. The van der Waals surface area contributed by atoms with Crippen LogP contribution in [0.15, 0.2) is 28.7 Å². The molecule has 2 heterocycles. The highest BCUT2D eigenvalue weighted by molar-refractivity contribution is 9.10. The molecule has 0 aromatic heterocycles. The summed E-state index contributed by atoms with van der Waals surface area (Å²) in [5.41, 5.74) is 0.640. The predicted octanol–water partition coefficient (Wildman–Crippen LogP) is 1.87. The van der Waals surface area contributed by atoms with Crippen LogP contribution in [0.5, 0.6) is 0 Å². The normalized spacial score (nSPS) is 24.8. The topological polar surface area (TPSA) is 52.7 Å². The lowest BCUT2D eigenvalue weighted by atomic mass is 10.1. The van der Waals surface area contributed by atoms with E-state index in [4.69, 9.17) is 0 Å². The molecule has 2 aliphatic heterocycles. The summed E-state index contributed by atoms with van der Waals surface area (Å²) in [6.45, 7) is 5.00. The van der Waals surface area contributed by atoms with Gasteiger partial charge in [0, 0.05) is 42.3 Å². The van der Waals surface area contributed by atoms with E-state index >= 15 is 0 Å². The largest absolute Gasteiger partial charge is 0.338 e. The molecule has 2 unspecified atom stereocenters. The Kier molecular flexibility index (Phi) is 5.02. The Balaban J connectivity index is 1.73.